The SMILES string of the molecule is CCCCC(CN)NC(=O)c1ccc(C)nc1.Cl.Cl. The fourth-order valence-corrected chi connectivity index (χ4v) is 1.57. The van der Waals surface area contributed by atoms with E-state index in [1.54, 1.807) is 12.3 Å². The molecule has 0 aliphatic heterocycles. The summed E-state index contributed by atoms with van der Waals surface area (Å²) < 4.78 is 0. The first-order valence-corrected chi connectivity index (χ1v) is 6.11. The summed E-state index contributed by atoms with van der Waals surface area (Å²) in [6, 6.07) is 3.67. The average Bonchev–Trinajstić information content (AvgIpc) is 2.35. The van der Waals surface area contributed by atoms with Crippen molar-refractivity contribution >= 4 is 30.7 Å². The lowest BCUT2D eigenvalue weighted by molar-refractivity contribution is 0.0935. The van der Waals surface area contributed by atoms with Gasteiger partial charge in [-0.2, -0.15) is 0 Å². The number of nitrogens with two attached hydrogens (primary N) is 1. The van der Waals surface area contributed by atoms with Crippen molar-refractivity contribution in [2.24, 2.45) is 5.73 Å². The molecule has 0 aliphatic carbocycles. The second kappa shape index (κ2) is 11.0. The van der Waals surface area contributed by atoms with E-state index in [2.05, 4.69) is 17.2 Å². The van der Waals surface area contributed by atoms with Crippen LogP contribution in [-0.2, 0) is 0 Å². The van der Waals surface area contributed by atoms with Crippen molar-refractivity contribution in [2.45, 2.75) is 39.2 Å². The van der Waals surface area contributed by atoms with Crippen LogP contribution in [0.2, 0.25) is 0 Å². The van der Waals surface area contributed by atoms with Crippen LogP contribution in [0.4, 0.5) is 0 Å². The monoisotopic (exact) mass is 307 g/mol. The van der Waals surface area contributed by atoms with E-state index in [0.29, 0.717) is 12.1 Å². The lowest BCUT2D eigenvalue weighted by atomic mass is 10.1. The Morgan fingerprint density at radius 3 is 2.58 bits per heavy atom. The molecule has 0 bridgehead atoms. The first-order valence-electron chi connectivity index (χ1n) is 6.11. The molecule has 1 aromatic rings. The van der Waals surface area contributed by atoms with Gasteiger partial charge >= 0.3 is 0 Å². The van der Waals surface area contributed by atoms with E-state index in [0.717, 1.165) is 25.0 Å². The molecular formula is C13H23Cl2N3O. The highest BCUT2D eigenvalue weighted by Gasteiger charge is 2.11. The largest absolute Gasteiger partial charge is 0.348 e. The number of rotatable bonds is 6. The van der Waals surface area contributed by atoms with E-state index in [4.69, 9.17) is 5.73 Å². The number of pyridine rings is 1. The quantitative estimate of drug-likeness (QED) is 0.848. The summed E-state index contributed by atoms with van der Waals surface area (Å²) in [5, 5.41) is 2.93. The lowest BCUT2D eigenvalue weighted by Gasteiger charge is -2.16. The first kappa shape index (κ1) is 20.5. The van der Waals surface area contributed by atoms with E-state index in [1.807, 2.05) is 13.0 Å². The maximum Gasteiger partial charge on any atom is 0.253 e. The molecule has 1 atom stereocenters. The van der Waals surface area contributed by atoms with Crippen molar-refractivity contribution in [2.75, 3.05) is 6.54 Å². The summed E-state index contributed by atoms with van der Waals surface area (Å²) in [5.41, 5.74) is 7.13. The van der Waals surface area contributed by atoms with Crippen LogP contribution < -0.4 is 11.1 Å². The highest BCUT2D eigenvalue weighted by atomic mass is 35.5. The van der Waals surface area contributed by atoms with Gasteiger partial charge in [0, 0.05) is 24.5 Å². The van der Waals surface area contributed by atoms with Gasteiger partial charge in [0.25, 0.3) is 5.91 Å². The molecule has 0 radical (unpaired) electrons. The molecule has 0 spiro atoms. The number of carbonyl (C=O) groups is 1. The zero-order valence-corrected chi connectivity index (χ0v) is 13.0. The number of nitrogens with zero attached hydrogens (tertiary/aromatic N) is 1. The minimum absolute atomic E-state index is 0. The fourth-order valence-electron chi connectivity index (χ4n) is 1.57. The van der Waals surface area contributed by atoms with E-state index in [-0.39, 0.29) is 36.8 Å². The van der Waals surface area contributed by atoms with Gasteiger partial charge < -0.3 is 11.1 Å². The number of hydrogen-bond acceptors (Lipinski definition) is 3. The van der Waals surface area contributed by atoms with Crippen molar-refractivity contribution < 1.29 is 4.79 Å². The summed E-state index contributed by atoms with van der Waals surface area (Å²) >= 11 is 0. The third kappa shape index (κ3) is 7.35. The van der Waals surface area contributed by atoms with Crippen molar-refractivity contribution in [3.05, 3.63) is 29.6 Å². The van der Waals surface area contributed by atoms with E-state index < -0.39 is 0 Å². The topological polar surface area (TPSA) is 68.0 Å². The summed E-state index contributed by atoms with van der Waals surface area (Å²) in [6.07, 6.45) is 4.71. The Morgan fingerprint density at radius 1 is 1.42 bits per heavy atom. The number of aromatic nitrogens is 1. The Balaban J connectivity index is 0. The molecule has 0 aromatic carbocycles. The molecule has 1 aromatic heterocycles. The Morgan fingerprint density at radius 2 is 2.11 bits per heavy atom. The number of carbonyl (C=O) groups excluding carboxylic acids is 1. The highest BCUT2D eigenvalue weighted by Crippen LogP contribution is 2.03. The van der Waals surface area contributed by atoms with Gasteiger partial charge in [-0.05, 0) is 25.5 Å². The van der Waals surface area contributed by atoms with Gasteiger partial charge in [0.1, 0.15) is 0 Å². The fraction of sp³-hybridized carbons (Fsp3) is 0.538. The van der Waals surface area contributed by atoms with Crippen LogP contribution in [0, 0.1) is 6.92 Å². The minimum Gasteiger partial charge on any atom is -0.348 e. The van der Waals surface area contributed by atoms with Gasteiger partial charge in [-0.25, -0.2) is 0 Å². The van der Waals surface area contributed by atoms with E-state index in [9.17, 15) is 4.79 Å². The summed E-state index contributed by atoms with van der Waals surface area (Å²) in [6.45, 7) is 4.50. The Kier molecular flexibility index (Phi) is 11.9. The van der Waals surface area contributed by atoms with Crippen LogP contribution in [0.15, 0.2) is 18.3 Å². The lowest BCUT2D eigenvalue weighted by Crippen LogP contribution is -2.40. The Hall–Kier alpha value is -0.840. The van der Waals surface area contributed by atoms with Crippen molar-refractivity contribution in [3.63, 3.8) is 0 Å². The second-order valence-electron chi connectivity index (χ2n) is 4.24. The minimum atomic E-state index is -0.0935. The summed E-state index contributed by atoms with van der Waals surface area (Å²) in [7, 11) is 0. The van der Waals surface area contributed by atoms with Crippen molar-refractivity contribution in [3.8, 4) is 0 Å². The molecule has 1 amide bonds. The number of halogens is 2. The molecule has 6 heteroatoms. The summed E-state index contributed by atoms with van der Waals surface area (Å²) in [4.78, 5) is 16.0. The van der Waals surface area contributed by atoms with Crippen LogP contribution in [-0.4, -0.2) is 23.5 Å². The van der Waals surface area contributed by atoms with Crippen molar-refractivity contribution in [1.29, 1.82) is 0 Å². The molecule has 1 heterocycles. The predicted molar refractivity (Wildman–Crippen MR) is 83.3 cm³/mol. The number of aryl methyl sites for hydroxylation is 1. The van der Waals surface area contributed by atoms with Gasteiger partial charge in [0.2, 0.25) is 0 Å². The van der Waals surface area contributed by atoms with Crippen LogP contribution in [0.5, 0.6) is 0 Å². The molecule has 110 valence electrons. The zero-order chi connectivity index (χ0) is 12.7. The van der Waals surface area contributed by atoms with Gasteiger partial charge in [0.15, 0.2) is 0 Å². The summed E-state index contributed by atoms with van der Waals surface area (Å²) in [5.74, 6) is -0.0935. The standard InChI is InChI=1S/C13H21N3O.2ClH/c1-3-4-5-12(8-14)16-13(17)11-7-6-10(2)15-9-11;;/h6-7,9,12H,3-5,8,14H2,1-2H3,(H,16,17);2*1H. The highest BCUT2D eigenvalue weighted by molar-refractivity contribution is 5.94. The van der Waals surface area contributed by atoms with Gasteiger partial charge in [-0.1, -0.05) is 19.8 Å². The maximum atomic E-state index is 11.9. The van der Waals surface area contributed by atoms with Gasteiger partial charge in [-0.3, -0.25) is 9.78 Å². The van der Waals surface area contributed by atoms with Crippen LogP contribution in [0.3, 0.4) is 0 Å². The molecule has 0 saturated carbocycles. The zero-order valence-electron chi connectivity index (χ0n) is 11.4. The molecule has 0 saturated heterocycles. The molecule has 3 N–H and O–H groups in total. The molecule has 0 fully saturated rings. The third-order valence-corrected chi connectivity index (χ3v) is 2.70. The number of hydrogen-bond donors (Lipinski definition) is 2. The Labute approximate surface area is 127 Å². The number of amides is 1. The molecule has 4 nitrogen and oxygen atoms in total. The van der Waals surface area contributed by atoms with Crippen LogP contribution >= 0.6 is 24.8 Å². The second-order valence-corrected chi connectivity index (χ2v) is 4.24. The van der Waals surface area contributed by atoms with E-state index in [1.165, 1.54) is 0 Å². The van der Waals surface area contributed by atoms with Crippen LogP contribution in [0.25, 0.3) is 0 Å². The van der Waals surface area contributed by atoms with Gasteiger partial charge in [-0.15, -0.1) is 24.8 Å². The average molecular weight is 308 g/mol. The number of unbranched alkanes of at least 4 members (excludes halogenated alkanes) is 1. The predicted octanol–water partition coefficient (Wildman–Crippen LogP) is 2.48. The molecule has 1 rings (SSSR count). The first-order chi connectivity index (χ1) is 8.17. The number of nitrogens with one attached hydrogen (secondary N) is 1. The normalized spacial score (nSPS) is 10.9. The third-order valence-electron chi connectivity index (χ3n) is 2.70. The van der Waals surface area contributed by atoms with Gasteiger partial charge in [0.05, 0.1) is 5.56 Å². The molecular weight excluding hydrogens is 285 g/mol. The smallest absolute Gasteiger partial charge is 0.253 e. The molecule has 1 unspecified atom stereocenters. The Bertz CT molecular complexity index is 357. The van der Waals surface area contributed by atoms with E-state index >= 15 is 0 Å². The van der Waals surface area contributed by atoms with Crippen molar-refractivity contribution in [1.82, 2.24) is 10.3 Å². The molecule has 0 aliphatic rings. The maximum absolute atomic E-state index is 11.9. The molecule has 19 heavy (non-hydrogen) atoms. The van der Waals surface area contributed by atoms with Crippen LogP contribution in [0.1, 0.15) is 42.2 Å².